The molecule has 0 saturated carbocycles. The largest absolute Gasteiger partial charge is 0.390 e. The van der Waals surface area contributed by atoms with Crippen LogP contribution in [-0.4, -0.2) is 36.8 Å². The molecular weight excluding hydrogens is 269 g/mol. The van der Waals surface area contributed by atoms with Crippen molar-refractivity contribution >= 4 is 5.69 Å². The van der Waals surface area contributed by atoms with Crippen LogP contribution in [0, 0.1) is 0 Å². The molecule has 0 aromatic carbocycles. The van der Waals surface area contributed by atoms with Crippen molar-refractivity contribution in [2.24, 2.45) is 0 Å². The summed E-state index contributed by atoms with van der Waals surface area (Å²) in [5.41, 5.74) is 1.35. The van der Waals surface area contributed by atoms with Gasteiger partial charge < -0.3 is 10.2 Å². The van der Waals surface area contributed by atoms with Crippen LogP contribution in [0.4, 0.5) is 18.9 Å². The van der Waals surface area contributed by atoms with Gasteiger partial charge in [-0.05, 0) is 7.05 Å². The van der Waals surface area contributed by atoms with Crippen molar-refractivity contribution in [3.63, 3.8) is 0 Å². The smallest absolute Gasteiger partial charge is 0.371 e. The predicted molar refractivity (Wildman–Crippen MR) is 72.8 cm³/mol. The highest BCUT2D eigenvalue weighted by atomic mass is 19.4. The van der Waals surface area contributed by atoms with Gasteiger partial charge in [0.15, 0.2) is 0 Å². The van der Waals surface area contributed by atoms with E-state index in [0.717, 1.165) is 5.69 Å². The summed E-state index contributed by atoms with van der Waals surface area (Å²) in [6.07, 6.45) is -3.41. The highest BCUT2D eigenvalue weighted by Gasteiger charge is 2.27. The van der Waals surface area contributed by atoms with Gasteiger partial charge in [0.05, 0.1) is 24.0 Å². The summed E-state index contributed by atoms with van der Waals surface area (Å²) in [4.78, 5) is 10.2. The Morgan fingerprint density at radius 1 is 1.35 bits per heavy atom. The fourth-order valence-corrected chi connectivity index (χ4v) is 1.74. The van der Waals surface area contributed by atoms with Gasteiger partial charge in [-0.3, -0.25) is 0 Å². The van der Waals surface area contributed by atoms with Crippen LogP contribution in [0.3, 0.4) is 0 Å². The van der Waals surface area contributed by atoms with Gasteiger partial charge >= 0.3 is 6.18 Å². The molecule has 1 N–H and O–H groups in total. The highest BCUT2D eigenvalue weighted by molar-refractivity contribution is 5.48. The minimum Gasteiger partial charge on any atom is -0.371 e. The van der Waals surface area contributed by atoms with Crippen LogP contribution >= 0.6 is 0 Å². The molecule has 1 aromatic rings. The Balaban J connectivity index is 2.92. The fraction of sp³-hybridized carbons (Fsp3) is 0.692. The lowest BCUT2D eigenvalue weighted by Gasteiger charge is -2.22. The lowest BCUT2D eigenvalue weighted by Crippen LogP contribution is -2.26. The summed E-state index contributed by atoms with van der Waals surface area (Å²) in [6.45, 7) is 4.34. The number of aromatic nitrogens is 2. The van der Waals surface area contributed by atoms with E-state index in [1.54, 1.807) is 25.2 Å². The van der Waals surface area contributed by atoms with E-state index in [4.69, 9.17) is 0 Å². The molecule has 0 spiro atoms. The van der Waals surface area contributed by atoms with E-state index in [-0.39, 0.29) is 12.5 Å². The normalized spacial score (nSPS) is 12.0. The molecule has 0 bridgehead atoms. The zero-order chi connectivity index (χ0) is 15.3. The zero-order valence-corrected chi connectivity index (χ0v) is 12.3. The molecule has 0 amide bonds. The molecule has 1 rings (SSSR count). The number of alkyl halides is 3. The van der Waals surface area contributed by atoms with Crippen LogP contribution < -0.4 is 10.2 Å². The molecule has 0 atom stereocenters. The average molecular weight is 290 g/mol. The first-order valence-electron chi connectivity index (χ1n) is 6.53. The summed E-state index contributed by atoms with van der Waals surface area (Å²) in [5, 5.41) is 2.98. The van der Waals surface area contributed by atoms with Gasteiger partial charge in [-0.15, -0.1) is 0 Å². The molecular formula is C13H21F3N4. The molecule has 0 aliphatic rings. The third kappa shape index (κ3) is 4.96. The van der Waals surface area contributed by atoms with E-state index < -0.39 is 12.6 Å². The SMILES string of the molecule is CNCc1nc(C(C)C)ncc1N(C)CCC(F)(F)F. The van der Waals surface area contributed by atoms with Gasteiger partial charge in [0, 0.05) is 26.1 Å². The molecule has 0 saturated heterocycles. The number of hydrogen-bond donors (Lipinski definition) is 1. The van der Waals surface area contributed by atoms with Gasteiger partial charge in [-0.25, -0.2) is 9.97 Å². The van der Waals surface area contributed by atoms with Gasteiger partial charge in [-0.2, -0.15) is 13.2 Å². The van der Waals surface area contributed by atoms with E-state index in [9.17, 15) is 13.2 Å². The summed E-state index contributed by atoms with van der Waals surface area (Å²) >= 11 is 0. The van der Waals surface area contributed by atoms with Crippen LogP contribution in [-0.2, 0) is 6.54 Å². The highest BCUT2D eigenvalue weighted by Crippen LogP contribution is 2.23. The van der Waals surface area contributed by atoms with Crippen LogP contribution in [0.15, 0.2) is 6.20 Å². The topological polar surface area (TPSA) is 41.1 Å². The number of anilines is 1. The molecule has 0 aliphatic heterocycles. The molecule has 0 radical (unpaired) electrons. The first-order chi connectivity index (χ1) is 9.24. The monoisotopic (exact) mass is 290 g/mol. The van der Waals surface area contributed by atoms with Crippen molar-refractivity contribution in [2.45, 2.75) is 38.9 Å². The number of nitrogens with zero attached hydrogens (tertiary/aromatic N) is 3. The van der Waals surface area contributed by atoms with E-state index >= 15 is 0 Å². The Morgan fingerprint density at radius 3 is 2.50 bits per heavy atom. The molecule has 0 fully saturated rings. The second-order valence-corrected chi connectivity index (χ2v) is 5.03. The number of rotatable bonds is 6. The second kappa shape index (κ2) is 6.88. The fourth-order valence-electron chi connectivity index (χ4n) is 1.74. The van der Waals surface area contributed by atoms with Crippen molar-refractivity contribution in [1.82, 2.24) is 15.3 Å². The van der Waals surface area contributed by atoms with Gasteiger partial charge in [0.25, 0.3) is 0 Å². The molecule has 1 heterocycles. The molecule has 0 unspecified atom stereocenters. The third-order valence-electron chi connectivity index (χ3n) is 2.87. The molecule has 1 aromatic heterocycles. The van der Waals surface area contributed by atoms with E-state index in [0.29, 0.717) is 18.1 Å². The molecule has 20 heavy (non-hydrogen) atoms. The standard InChI is InChI=1S/C13H21F3N4/c1-9(2)12-18-8-11(10(19-12)7-17-3)20(4)6-5-13(14,15)16/h8-9,17H,5-7H2,1-4H3. The van der Waals surface area contributed by atoms with Gasteiger partial charge in [-0.1, -0.05) is 13.8 Å². The molecule has 7 heteroatoms. The second-order valence-electron chi connectivity index (χ2n) is 5.03. The average Bonchev–Trinajstić information content (AvgIpc) is 2.35. The maximum Gasteiger partial charge on any atom is 0.390 e. The number of hydrogen-bond acceptors (Lipinski definition) is 4. The zero-order valence-electron chi connectivity index (χ0n) is 12.3. The maximum atomic E-state index is 12.3. The summed E-state index contributed by atoms with van der Waals surface area (Å²) in [5.74, 6) is 0.878. The minimum absolute atomic E-state index is 0.107. The number of halogens is 3. The van der Waals surface area contributed by atoms with Gasteiger partial charge in [0.2, 0.25) is 0 Å². The molecule has 4 nitrogen and oxygen atoms in total. The van der Waals surface area contributed by atoms with Crippen molar-refractivity contribution in [3.05, 3.63) is 17.7 Å². The summed E-state index contributed by atoms with van der Waals surface area (Å²) in [7, 11) is 3.40. The lowest BCUT2D eigenvalue weighted by molar-refractivity contribution is -0.132. The summed E-state index contributed by atoms with van der Waals surface area (Å²) in [6, 6.07) is 0. The minimum atomic E-state index is -4.16. The van der Waals surface area contributed by atoms with Crippen molar-refractivity contribution in [2.75, 3.05) is 25.5 Å². The Morgan fingerprint density at radius 2 is 2.00 bits per heavy atom. The lowest BCUT2D eigenvalue weighted by atomic mass is 10.2. The maximum absolute atomic E-state index is 12.3. The Labute approximate surface area is 117 Å². The predicted octanol–water partition coefficient (Wildman–Crippen LogP) is 2.71. The number of nitrogens with one attached hydrogen (secondary N) is 1. The third-order valence-corrected chi connectivity index (χ3v) is 2.87. The van der Waals surface area contributed by atoms with Crippen LogP contribution in [0.25, 0.3) is 0 Å². The van der Waals surface area contributed by atoms with E-state index in [1.165, 1.54) is 0 Å². The van der Waals surface area contributed by atoms with Crippen molar-refractivity contribution in [3.8, 4) is 0 Å². The quantitative estimate of drug-likeness (QED) is 0.874. The van der Waals surface area contributed by atoms with Crippen LogP contribution in [0.1, 0.15) is 37.7 Å². The molecule has 0 aliphatic carbocycles. The van der Waals surface area contributed by atoms with Crippen molar-refractivity contribution < 1.29 is 13.2 Å². The Hall–Kier alpha value is -1.37. The van der Waals surface area contributed by atoms with Crippen molar-refractivity contribution in [1.29, 1.82) is 0 Å². The molecule has 114 valence electrons. The first-order valence-corrected chi connectivity index (χ1v) is 6.53. The van der Waals surface area contributed by atoms with Crippen LogP contribution in [0.5, 0.6) is 0 Å². The van der Waals surface area contributed by atoms with Gasteiger partial charge in [0.1, 0.15) is 5.82 Å². The Kier molecular flexibility index (Phi) is 5.74. The van der Waals surface area contributed by atoms with E-state index in [2.05, 4.69) is 15.3 Å². The van der Waals surface area contributed by atoms with Crippen LogP contribution in [0.2, 0.25) is 0 Å². The summed E-state index contributed by atoms with van der Waals surface area (Å²) < 4.78 is 36.8. The first kappa shape index (κ1) is 16.7. The Bertz CT molecular complexity index is 432. The van der Waals surface area contributed by atoms with E-state index in [1.807, 2.05) is 13.8 Å².